The first-order chi connectivity index (χ1) is 6.79. The summed E-state index contributed by atoms with van der Waals surface area (Å²) in [7, 11) is 1.78. The Morgan fingerprint density at radius 3 is 2.60 bits per heavy atom. The molecule has 0 bridgehead atoms. The van der Waals surface area contributed by atoms with Crippen molar-refractivity contribution in [1.29, 1.82) is 0 Å². The van der Waals surface area contributed by atoms with Crippen LogP contribution < -0.4 is 11.1 Å². The van der Waals surface area contributed by atoms with Crippen molar-refractivity contribution in [3.05, 3.63) is 0 Å². The van der Waals surface area contributed by atoms with Crippen molar-refractivity contribution < 1.29 is 4.79 Å². The van der Waals surface area contributed by atoms with E-state index in [9.17, 15) is 4.79 Å². The minimum atomic E-state index is -0.301. The zero-order valence-electron chi connectivity index (χ0n) is 9.87. The lowest BCUT2D eigenvalue weighted by Crippen LogP contribution is -2.45. The second-order valence-corrected chi connectivity index (χ2v) is 4.95. The van der Waals surface area contributed by atoms with E-state index in [2.05, 4.69) is 10.3 Å². The van der Waals surface area contributed by atoms with Gasteiger partial charge in [-0.1, -0.05) is 0 Å². The zero-order chi connectivity index (χ0) is 11.6. The summed E-state index contributed by atoms with van der Waals surface area (Å²) in [6.45, 7) is 6.75. The van der Waals surface area contributed by atoms with Crippen LogP contribution in [0.5, 0.6) is 0 Å². The molecule has 1 aliphatic rings. The smallest absolute Gasteiger partial charge is 0.247 e. The van der Waals surface area contributed by atoms with Crippen LogP contribution >= 0.6 is 0 Å². The molecule has 1 aliphatic heterocycles. The molecule has 3 N–H and O–H groups in total. The Hall–Kier alpha value is -1.26. The van der Waals surface area contributed by atoms with Gasteiger partial charge in [-0.05, 0) is 27.2 Å². The number of hydrogen-bond donors (Lipinski definition) is 2. The van der Waals surface area contributed by atoms with Crippen LogP contribution in [0.15, 0.2) is 4.99 Å². The number of nitrogens with two attached hydrogens (primary N) is 1. The van der Waals surface area contributed by atoms with Gasteiger partial charge in [0.15, 0.2) is 5.96 Å². The number of aliphatic imine (C=N–C) groups is 1. The predicted octanol–water partition coefficient (Wildman–Crippen LogP) is -0.0801. The first-order valence-electron chi connectivity index (χ1n) is 5.16. The van der Waals surface area contributed by atoms with E-state index < -0.39 is 0 Å². The Labute approximate surface area is 90.7 Å². The minimum Gasteiger partial charge on any atom is -0.370 e. The molecule has 5 heteroatoms. The van der Waals surface area contributed by atoms with Crippen molar-refractivity contribution in [1.82, 2.24) is 10.2 Å². The maximum atomic E-state index is 11.5. The van der Waals surface area contributed by atoms with Gasteiger partial charge in [0.05, 0.1) is 0 Å². The number of nitrogens with one attached hydrogen (secondary N) is 1. The second kappa shape index (κ2) is 4.08. The molecule has 0 aromatic heterocycles. The number of carbonyl (C=O) groups excluding carboxylic acids is 1. The Bertz CT molecular complexity index is 280. The second-order valence-electron chi connectivity index (χ2n) is 4.95. The van der Waals surface area contributed by atoms with Gasteiger partial charge in [-0.3, -0.25) is 4.79 Å². The highest BCUT2D eigenvalue weighted by Gasteiger charge is 2.28. The van der Waals surface area contributed by atoms with Crippen molar-refractivity contribution in [3.63, 3.8) is 0 Å². The molecule has 1 atom stereocenters. The summed E-state index contributed by atoms with van der Waals surface area (Å²) in [5.41, 5.74) is 5.59. The van der Waals surface area contributed by atoms with E-state index in [-0.39, 0.29) is 17.5 Å². The minimum absolute atomic E-state index is 0.0497. The van der Waals surface area contributed by atoms with Crippen LogP contribution in [0, 0.1) is 0 Å². The molecular weight excluding hydrogens is 192 g/mol. The van der Waals surface area contributed by atoms with Gasteiger partial charge >= 0.3 is 0 Å². The number of carbonyl (C=O) groups is 1. The number of hydrogen-bond acceptors (Lipinski definition) is 2. The average Bonchev–Trinajstić information content (AvgIpc) is 2.32. The highest BCUT2D eigenvalue weighted by atomic mass is 16.2. The fourth-order valence-corrected chi connectivity index (χ4v) is 1.51. The third kappa shape index (κ3) is 3.42. The molecule has 1 saturated heterocycles. The summed E-state index contributed by atoms with van der Waals surface area (Å²) in [5, 5.41) is 3.04. The lowest BCUT2D eigenvalue weighted by atomic mass is 10.1. The van der Waals surface area contributed by atoms with Crippen molar-refractivity contribution in [2.45, 2.75) is 38.8 Å². The maximum absolute atomic E-state index is 11.5. The van der Waals surface area contributed by atoms with Gasteiger partial charge in [0.25, 0.3) is 0 Å². The Morgan fingerprint density at radius 1 is 1.60 bits per heavy atom. The SMILES string of the molecule is CN1CCC(N=C(N)NC(C)(C)C)C1=O. The third-order valence-corrected chi connectivity index (χ3v) is 2.20. The van der Waals surface area contributed by atoms with Crippen LogP contribution in [-0.4, -0.2) is 41.9 Å². The lowest BCUT2D eigenvalue weighted by molar-refractivity contribution is -0.127. The molecule has 0 aliphatic carbocycles. The highest BCUT2D eigenvalue weighted by Crippen LogP contribution is 2.12. The molecule has 1 amide bonds. The van der Waals surface area contributed by atoms with Gasteiger partial charge in [0, 0.05) is 19.1 Å². The first-order valence-corrected chi connectivity index (χ1v) is 5.16. The first kappa shape index (κ1) is 11.8. The monoisotopic (exact) mass is 212 g/mol. The van der Waals surface area contributed by atoms with E-state index in [0.717, 1.165) is 13.0 Å². The predicted molar refractivity (Wildman–Crippen MR) is 60.6 cm³/mol. The van der Waals surface area contributed by atoms with Crippen molar-refractivity contribution >= 4 is 11.9 Å². The molecule has 0 radical (unpaired) electrons. The molecule has 1 rings (SSSR count). The summed E-state index contributed by atoms with van der Waals surface area (Å²) < 4.78 is 0. The molecule has 15 heavy (non-hydrogen) atoms. The molecular formula is C10H20N4O. The largest absolute Gasteiger partial charge is 0.370 e. The molecule has 86 valence electrons. The number of likely N-dealkylation sites (tertiary alicyclic amines) is 1. The summed E-state index contributed by atoms with van der Waals surface area (Å²) >= 11 is 0. The van der Waals surface area contributed by atoms with Gasteiger partial charge < -0.3 is 16.0 Å². The van der Waals surface area contributed by atoms with Crippen LogP contribution in [0.25, 0.3) is 0 Å². The number of likely N-dealkylation sites (N-methyl/N-ethyl adjacent to an activating group) is 1. The van der Waals surface area contributed by atoms with Gasteiger partial charge in [0.1, 0.15) is 6.04 Å². The average molecular weight is 212 g/mol. The lowest BCUT2D eigenvalue weighted by Gasteiger charge is -2.21. The number of rotatable bonds is 1. The summed E-state index contributed by atoms with van der Waals surface area (Å²) in [6, 6.07) is -0.301. The highest BCUT2D eigenvalue weighted by molar-refractivity contribution is 5.88. The van der Waals surface area contributed by atoms with Gasteiger partial charge in [-0.2, -0.15) is 0 Å². The fourth-order valence-electron chi connectivity index (χ4n) is 1.51. The molecule has 1 fully saturated rings. The molecule has 0 spiro atoms. The number of nitrogens with zero attached hydrogens (tertiary/aromatic N) is 2. The topological polar surface area (TPSA) is 70.7 Å². The van der Waals surface area contributed by atoms with Gasteiger partial charge in [-0.25, -0.2) is 4.99 Å². The van der Waals surface area contributed by atoms with Crippen molar-refractivity contribution in [3.8, 4) is 0 Å². The quantitative estimate of drug-likeness (QED) is 0.472. The van der Waals surface area contributed by atoms with E-state index >= 15 is 0 Å². The van der Waals surface area contributed by atoms with E-state index in [0.29, 0.717) is 5.96 Å². The molecule has 5 nitrogen and oxygen atoms in total. The van der Waals surface area contributed by atoms with E-state index in [1.54, 1.807) is 11.9 Å². The van der Waals surface area contributed by atoms with Gasteiger partial charge in [-0.15, -0.1) is 0 Å². The van der Waals surface area contributed by atoms with E-state index in [1.165, 1.54) is 0 Å². The Balaban J connectivity index is 2.60. The summed E-state index contributed by atoms with van der Waals surface area (Å²) in [4.78, 5) is 17.4. The van der Waals surface area contributed by atoms with Crippen LogP contribution in [0.1, 0.15) is 27.2 Å². The summed E-state index contributed by atoms with van der Waals surface area (Å²) in [5.74, 6) is 0.393. The van der Waals surface area contributed by atoms with E-state index in [4.69, 9.17) is 5.73 Å². The third-order valence-electron chi connectivity index (χ3n) is 2.20. The fraction of sp³-hybridized carbons (Fsp3) is 0.800. The maximum Gasteiger partial charge on any atom is 0.247 e. The Morgan fingerprint density at radius 2 is 2.20 bits per heavy atom. The standard InChI is InChI=1S/C10H20N4O/c1-10(2,3)13-9(11)12-7-5-6-14(4)8(7)15/h7H,5-6H2,1-4H3,(H3,11,12,13). The number of guanidine groups is 1. The van der Waals surface area contributed by atoms with Crippen molar-refractivity contribution in [2.24, 2.45) is 10.7 Å². The Kier molecular flexibility index (Phi) is 3.21. The van der Waals surface area contributed by atoms with Crippen LogP contribution in [0.2, 0.25) is 0 Å². The zero-order valence-corrected chi connectivity index (χ0v) is 9.87. The van der Waals surface area contributed by atoms with Crippen molar-refractivity contribution in [2.75, 3.05) is 13.6 Å². The van der Waals surface area contributed by atoms with E-state index in [1.807, 2.05) is 20.8 Å². The molecule has 1 unspecified atom stereocenters. The summed E-state index contributed by atoms with van der Waals surface area (Å²) in [6.07, 6.45) is 0.752. The van der Waals surface area contributed by atoms with Crippen LogP contribution in [0.3, 0.4) is 0 Å². The van der Waals surface area contributed by atoms with Gasteiger partial charge in [0.2, 0.25) is 5.91 Å². The normalized spacial score (nSPS) is 23.5. The van der Waals surface area contributed by atoms with Crippen LogP contribution in [-0.2, 0) is 4.79 Å². The number of amides is 1. The molecule has 0 aromatic rings. The molecule has 0 aromatic carbocycles. The molecule has 0 saturated carbocycles. The van der Waals surface area contributed by atoms with Crippen LogP contribution in [0.4, 0.5) is 0 Å². The molecule has 1 heterocycles.